The van der Waals surface area contributed by atoms with Gasteiger partial charge in [0.05, 0.1) is 7.11 Å². The molecule has 0 aliphatic rings. The molecule has 110 valence electrons. The lowest BCUT2D eigenvalue weighted by atomic mass is 9.98. The fraction of sp³-hybridized carbons (Fsp3) is 0.100. The number of hydrogen-bond donors (Lipinski definition) is 1. The van der Waals surface area contributed by atoms with Gasteiger partial charge in [-0.15, -0.1) is 0 Å². The third-order valence-electron chi connectivity index (χ3n) is 3.77. The van der Waals surface area contributed by atoms with Gasteiger partial charge < -0.3 is 9.84 Å². The molecular formula is C20H18O2. The van der Waals surface area contributed by atoms with Gasteiger partial charge in [0.25, 0.3) is 0 Å². The maximum Gasteiger partial charge on any atom is 0.126 e. The Bertz CT molecular complexity index is 789. The van der Waals surface area contributed by atoms with E-state index in [0.29, 0.717) is 5.75 Å². The van der Waals surface area contributed by atoms with Crippen molar-refractivity contribution in [3.8, 4) is 33.8 Å². The van der Waals surface area contributed by atoms with Crippen LogP contribution in [0.3, 0.4) is 0 Å². The number of benzene rings is 3. The largest absolute Gasteiger partial charge is 0.507 e. The number of phenolic OH excluding ortho intramolecular Hbond substituents is 1. The summed E-state index contributed by atoms with van der Waals surface area (Å²) in [5, 5.41) is 9.94. The highest BCUT2D eigenvalue weighted by Gasteiger charge is 2.07. The zero-order valence-electron chi connectivity index (χ0n) is 12.7. The van der Waals surface area contributed by atoms with Crippen LogP contribution in [0.25, 0.3) is 22.3 Å². The zero-order chi connectivity index (χ0) is 15.5. The Morgan fingerprint density at radius 2 is 1.41 bits per heavy atom. The first-order valence-electron chi connectivity index (χ1n) is 7.22. The average Bonchev–Trinajstić information content (AvgIpc) is 2.55. The van der Waals surface area contributed by atoms with E-state index in [4.69, 9.17) is 4.74 Å². The van der Waals surface area contributed by atoms with E-state index in [-0.39, 0.29) is 0 Å². The lowest BCUT2D eigenvalue weighted by molar-refractivity contribution is 0.416. The second-order valence-electron chi connectivity index (χ2n) is 5.30. The van der Waals surface area contributed by atoms with Crippen LogP contribution < -0.4 is 4.74 Å². The molecule has 0 atom stereocenters. The van der Waals surface area contributed by atoms with Crippen LogP contribution >= 0.6 is 0 Å². The predicted molar refractivity (Wildman–Crippen MR) is 90.3 cm³/mol. The molecule has 2 nitrogen and oxygen atoms in total. The molecule has 0 unspecified atom stereocenters. The summed E-state index contributed by atoms with van der Waals surface area (Å²) < 4.78 is 5.47. The molecule has 3 aromatic rings. The van der Waals surface area contributed by atoms with Gasteiger partial charge in [0, 0.05) is 11.1 Å². The number of methoxy groups -OCH3 is 1. The molecule has 0 amide bonds. The predicted octanol–water partition coefficient (Wildman–Crippen LogP) is 5.04. The molecule has 0 heterocycles. The molecule has 0 radical (unpaired) electrons. The number of ether oxygens (including phenoxy) is 1. The summed E-state index contributed by atoms with van der Waals surface area (Å²) in [6.45, 7) is 2.05. The van der Waals surface area contributed by atoms with Gasteiger partial charge in [0.15, 0.2) is 0 Å². The zero-order valence-corrected chi connectivity index (χ0v) is 12.7. The van der Waals surface area contributed by atoms with Crippen molar-refractivity contribution < 1.29 is 9.84 Å². The SMILES string of the molecule is COc1cc(C)ccc1-c1ccc(-c2ccccc2O)cc1. The molecule has 0 bridgehead atoms. The van der Waals surface area contributed by atoms with Gasteiger partial charge in [-0.3, -0.25) is 0 Å². The number of aryl methyl sites for hydroxylation is 1. The number of rotatable bonds is 3. The second-order valence-corrected chi connectivity index (χ2v) is 5.30. The molecule has 2 heteroatoms. The Morgan fingerprint density at radius 1 is 0.773 bits per heavy atom. The van der Waals surface area contributed by atoms with Crippen molar-refractivity contribution >= 4 is 0 Å². The molecule has 0 aliphatic heterocycles. The van der Waals surface area contributed by atoms with Crippen molar-refractivity contribution in [1.82, 2.24) is 0 Å². The lowest BCUT2D eigenvalue weighted by Gasteiger charge is -2.11. The Balaban J connectivity index is 2.00. The fourth-order valence-electron chi connectivity index (χ4n) is 2.58. The van der Waals surface area contributed by atoms with Gasteiger partial charge in [-0.05, 0) is 35.7 Å². The maximum absolute atomic E-state index is 9.94. The van der Waals surface area contributed by atoms with Crippen molar-refractivity contribution in [2.24, 2.45) is 0 Å². The van der Waals surface area contributed by atoms with Crippen molar-refractivity contribution in [1.29, 1.82) is 0 Å². The molecule has 0 fully saturated rings. The van der Waals surface area contributed by atoms with E-state index in [2.05, 4.69) is 24.3 Å². The molecular weight excluding hydrogens is 272 g/mol. The van der Waals surface area contributed by atoms with Crippen LogP contribution in [0.1, 0.15) is 5.56 Å². The summed E-state index contributed by atoms with van der Waals surface area (Å²) in [6, 6.07) is 21.7. The Morgan fingerprint density at radius 3 is 2.05 bits per heavy atom. The first kappa shape index (κ1) is 14.2. The summed E-state index contributed by atoms with van der Waals surface area (Å²) in [6.07, 6.45) is 0. The Hall–Kier alpha value is -2.74. The van der Waals surface area contributed by atoms with Gasteiger partial charge in [0.1, 0.15) is 11.5 Å². The van der Waals surface area contributed by atoms with Crippen molar-refractivity contribution in [3.05, 3.63) is 72.3 Å². The monoisotopic (exact) mass is 290 g/mol. The standard InChI is InChI=1S/C20H18O2/c1-14-7-12-18(20(13-14)22-2)16-10-8-15(9-11-16)17-5-3-4-6-19(17)21/h3-13,21H,1-2H3. The van der Waals surface area contributed by atoms with Crippen LogP contribution in [-0.2, 0) is 0 Å². The summed E-state index contributed by atoms with van der Waals surface area (Å²) >= 11 is 0. The van der Waals surface area contributed by atoms with Crippen LogP contribution in [0.15, 0.2) is 66.7 Å². The van der Waals surface area contributed by atoms with Crippen LogP contribution in [0.5, 0.6) is 11.5 Å². The van der Waals surface area contributed by atoms with E-state index in [1.54, 1.807) is 13.2 Å². The van der Waals surface area contributed by atoms with Crippen molar-refractivity contribution in [3.63, 3.8) is 0 Å². The molecule has 0 spiro atoms. The maximum atomic E-state index is 9.94. The van der Waals surface area contributed by atoms with E-state index in [0.717, 1.165) is 28.0 Å². The van der Waals surface area contributed by atoms with Crippen LogP contribution in [-0.4, -0.2) is 12.2 Å². The molecule has 0 aromatic heterocycles. The van der Waals surface area contributed by atoms with E-state index in [1.165, 1.54) is 5.56 Å². The Labute approximate surface area is 130 Å². The third-order valence-corrected chi connectivity index (χ3v) is 3.77. The summed E-state index contributed by atoms with van der Waals surface area (Å²) in [7, 11) is 1.69. The third kappa shape index (κ3) is 2.68. The highest BCUT2D eigenvalue weighted by molar-refractivity contribution is 5.76. The molecule has 0 aliphatic carbocycles. The van der Waals surface area contributed by atoms with Crippen molar-refractivity contribution in [2.75, 3.05) is 7.11 Å². The average molecular weight is 290 g/mol. The smallest absolute Gasteiger partial charge is 0.126 e. The van der Waals surface area contributed by atoms with Crippen LogP contribution in [0.4, 0.5) is 0 Å². The van der Waals surface area contributed by atoms with Crippen LogP contribution in [0.2, 0.25) is 0 Å². The minimum atomic E-state index is 0.295. The second kappa shape index (κ2) is 5.94. The summed E-state index contributed by atoms with van der Waals surface area (Å²) in [4.78, 5) is 0. The first-order chi connectivity index (χ1) is 10.7. The minimum Gasteiger partial charge on any atom is -0.507 e. The number of hydrogen-bond acceptors (Lipinski definition) is 2. The first-order valence-corrected chi connectivity index (χ1v) is 7.22. The summed E-state index contributed by atoms with van der Waals surface area (Å²) in [5.41, 5.74) is 5.16. The molecule has 3 rings (SSSR count). The van der Waals surface area contributed by atoms with Gasteiger partial charge in [-0.2, -0.15) is 0 Å². The molecule has 22 heavy (non-hydrogen) atoms. The topological polar surface area (TPSA) is 29.5 Å². The minimum absolute atomic E-state index is 0.295. The van der Waals surface area contributed by atoms with E-state index >= 15 is 0 Å². The molecule has 0 saturated heterocycles. The molecule has 3 aromatic carbocycles. The van der Waals surface area contributed by atoms with Gasteiger partial charge in [0.2, 0.25) is 0 Å². The molecule has 1 N–H and O–H groups in total. The normalized spacial score (nSPS) is 10.5. The van der Waals surface area contributed by atoms with Gasteiger partial charge in [-0.25, -0.2) is 0 Å². The quantitative estimate of drug-likeness (QED) is 0.732. The lowest BCUT2D eigenvalue weighted by Crippen LogP contribution is -1.89. The highest BCUT2D eigenvalue weighted by Crippen LogP contribution is 2.34. The summed E-state index contributed by atoms with van der Waals surface area (Å²) in [5.74, 6) is 1.17. The van der Waals surface area contributed by atoms with Crippen molar-refractivity contribution in [2.45, 2.75) is 6.92 Å². The number of aromatic hydroxyl groups is 1. The highest BCUT2D eigenvalue weighted by atomic mass is 16.5. The molecule has 0 saturated carbocycles. The van der Waals surface area contributed by atoms with Gasteiger partial charge >= 0.3 is 0 Å². The number of para-hydroxylation sites is 1. The van der Waals surface area contributed by atoms with E-state index in [9.17, 15) is 5.11 Å². The van der Waals surface area contributed by atoms with E-state index in [1.807, 2.05) is 43.3 Å². The number of phenols is 1. The van der Waals surface area contributed by atoms with Gasteiger partial charge in [-0.1, -0.05) is 54.6 Å². The van der Waals surface area contributed by atoms with Crippen LogP contribution in [0, 0.1) is 6.92 Å². The Kier molecular flexibility index (Phi) is 3.84. The van der Waals surface area contributed by atoms with E-state index < -0.39 is 0 Å². The fourth-order valence-corrected chi connectivity index (χ4v) is 2.58.